The number of fused-ring (bicyclic) bond motifs is 5. The number of hydrogen-bond acceptors (Lipinski definition) is 6. The number of aliphatic hydroxyl groups is 1. The zero-order valence-corrected chi connectivity index (χ0v) is 23.5. The van der Waals surface area contributed by atoms with E-state index in [9.17, 15) is 14.8 Å². The van der Waals surface area contributed by atoms with Crippen LogP contribution in [0.1, 0.15) is 98.3 Å². The number of hydrogen-bond donors (Lipinski definition) is 1. The van der Waals surface area contributed by atoms with Crippen molar-refractivity contribution in [3.05, 3.63) is 4.91 Å². The van der Waals surface area contributed by atoms with E-state index in [2.05, 4.69) is 32.9 Å². The third kappa shape index (κ3) is 4.30. The topological polar surface area (TPSA) is 88.4 Å². The van der Waals surface area contributed by atoms with Gasteiger partial charge >= 0.3 is 6.09 Å². The molecule has 0 aromatic rings. The van der Waals surface area contributed by atoms with E-state index in [1.807, 2.05) is 0 Å². The molecule has 0 spiro atoms. The highest BCUT2D eigenvalue weighted by Gasteiger charge is 2.70. The predicted molar refractivity (Wildman–Crippen MR) is 140 cm³/mol. The summed E-state index contributed by atoms with van der Waals surface area (Å²) in [5.41, 5.74) is -0.331. The van der Waals surface area contributed by atoms with Crippen molar-refractivity contribution in [1.29, 1.82) is 0 Å². The van der Waals surface area contributed by atoms with Crippen LogP contribution in [0.5, 0.6) is 0 Å². The first-order valence-corrected chi connectivity index (χ1v) is 14.5. The van der Waals surface area contributed by atoms with Gasteiger partial charge in [0.2, 0.25) is 0 Å². The van der Waals surface area contributed by atoms with Crippen molar-refractivity contribution in [3.63, 3.8) is 0 Å². The number of nitrogens with zero attached hydrogens (tertiary/aromatic N) is 2. The fourth-order valence-corrected chi connectivity index (χ4v) is 9.99. The molecule has 4 aliphatic carbocycles. The molecule has 0 radical (unpaired) electrons. The van der Waals surface area contributed by atoms with Gasteiger partial charge in [0.15, 0.2) is 0 Å². The van der Waals surface area contributed by atoms with Crippen LogP contribution in [0.4, 0.5) is 4.79 Å². The molecule has 0 saturated heterocycles. The molecule has 0 aromatic carbocycles. The van der Waals surface area contributed by atoms with E-state index in [0.717, 1.165) is 69.3 Å². The third-order valence-corrected chi connectivity index (χ3v) is 12.0. The van der Waals surface area contributed by atoms with Crippen LogP contribution < -0.4 is 0 Å². The molecule has 0 bridgehead atoms. The zero-order valence-electron chi connectivity index (χ0n) is 23.5. The maximum atomic E-state index is 13.0. The van der Waals surface area contributed by atoms with Crippen molar-refractivity contribution in [3.8, 4) is 0 Å². The molecular weight excluding hydrogens is 456 g/mol. The lowest BCUT2D eigenvalue weighted by Gasteiger charge is -2.65. The molecule has 4 aliphatic rings. The molecule has 0 heterocycles. The number of carbonyl (C=O) groups excluding carboxylic acids is 1. The van der Waals surface area contributed by atoms with Gasteiger partial charge in [-0.1, -0.05) is 39.3 Å². The van der Waals surface area contributed by atoms with Crippen molar-refractivity contribution in [2.75, 3.05) is 20.8 Å². The smallest absolute Gasteiger partial charge is 0.433 e. The van der Waals surface area contributed by atoms with E-state index in [4.69, 9.17) is 9.57 Å². The van der Waals surface area contributed by atoms with E-state index in [-0.39, 0.29) is 16.9 Å². The average molecular weight is 507 g/mol. The number of hydroxylamine groups is 2. The lowest BCUT2D eigenvalue weighted by molar-refractivity contribution is -0.160. The number of rotatable bonds is 8. The van der Waals surface area contributed by atoms with E-state index in [1.165, 1.54) is 13.5 Å². The highest BCUT2D eigenvalue weighted by molar-refractivity contribution is 5.65. The first-order chi connectivity index (χ1) is 17.1. The fourth-order valence-electron chi connectivity index (χ4n) is 9.99. The number of nitroso groups, excluding NO2 is 1. The van der Waals surface area contributed by atoms with Crippen LogP contribution in [0.15, 0.2) is 5.18 Å². The maximum absolute atomic E-state index is 13.0. The van der Waals surface area contributed by atoms with Crippen LogP contribution in [0, 0.1) is 51.2 Å². The standard InChI is InChI=1S/C29H50N2O5/c1-7-20-17-25-23(27(3)13-10-21(32)18-24(20)27)11-14-28(4)22(12-15-29(25,28)30-34)19(2)9-8-16-36-26(33)31(5)35-6/h19-25,32H,7-18H2,1-6H3/t19-,20+,21-,22-,23+,24+,25-,27-,28-,29-/m1/s1. The Bertz CT molecular complexity index is 809. The van der Waals surface area contributed by atoms with Gasteiger partial charge in [-0.05, 0) is 111 Å². The largest absolute Gasteiger partial charge is 0.448 e. The minimum absolute atomic E-state index is 0.0715. The lowest BCUT2D eigenvalue weighted by atomic mass is 9.40. The summed E-state index contributed by atoms with van der Waals surface area (Å²) in [6.45, 7) is 9.87. The second-order valence-corrected chi connectivity index (χ2v) is 13.2. The van der Waals surface area contributed by atoms with E-state index >= 15 is 0 Å². The first-order valence-electron chi connectivity index (χ1n) is 14.5. The molecule has 4 saturated carbocycles. The Balaban J connectivity index is 1.50. The number of carbonyl (C=O) groups is 1. The summed E-state index contributed by atoms with van der Waals surface area (Å²) in [5.74, 6) is 2.95. The van der Waals surface area contributed by atoms with Crippen LogP contribution >= 0.6 is 0 Å². The van der Waals surface area contributed by atoms with Gasteiger partial charge in [-0.2, -0.15) is 9.97 Å². The maximum Gasteiger partial charge on any atom is 0.433 e. The molecule has 7 nitrogen and oxygen atoms in total. The second-order valence-electron chi connectivity index (χ2n) is 13.2. The molecule has 10 atom stereocenters. The highest BCUT2D eigenvalue weighted by Crippen LogP contribution is 2.72. The number of amides is 1. The monoisotopic (exact) mass is 506 g/mol. The Kier molecular flexibility index (Phi) is 8.12. The molecule has 7 heteroatoms. The molecule has 0 aromatic heterocycles. The number of ether oxygens (including phenoxy) is 1. The van der Waals surface area contributed by atoms with Crippen molar-refractivity contribution in [1.82, 2.24) is 5.06 Å². The zero-order chi connectivity index (χ0) is 26.3. The Morgan fingerprint density at radius 2 is 1.86 bits per heavy atom. The normalized spacial score (nSPS) is 44.6. The molecular formula is C29H50N2O5. The summed E-state index contributed by atoms with van der Waals surface area (Å²) in [7, 11) is 2.98. The molecule has 36 heavy (non-hydrogen) atoms. The SMILES string of the molecule is CC[C@H]1C[C@@H]2[C@H](CC[C@]3(C)[C@@H]([C@H](C)CCCOC(=O)N(C)OC)CC[C@@]23N=O)[C@@]2(C)CC[C@@H](O)C[C@@H]12. The summed E-state index contributed by atoms with van der Waals surface area (Å²) >= 11 is 0. The van der Waals surface area contributed by atoms with Gasteiger partial charge in [0.05, 0.1) is 19.8 Å². The molecule has 1 N–H and O–H groups in total. The van der Waals surface area contributed by atoms with Crippen LogP contribution in [0.3, 0.4) is 0 Å². The van der Waals surface area contributed by atoms with E-state index in [1.54, 1.807) is 7.05 Å². The summed E-state index contributed by atoms with van der Waals surface area (Å²) in [5, 5.41) is 15.7. The molecule has 0 unspecified atom stereocenters. The van der Waals surface area contributed by atoms with E-state index < -0.39 is 11.6 Å². The first kappa shape index (κ1) is 27.8. The number of aliphatic hydroxyl groups excluding tert-OH is 1. The van der Waals surface area contributed by atoms with Crippen LogP contribution in [0.25, 0.3) is 0 Å². The lowest BCUT2D eigenvalue weighted by Crippen LogP contribution is -2.63. The highest BCUT2D eigenvalue weighted by atomic mass is 16.7. The third-order valence-electron chi connectivity index (χ3n) is 12.0. The quantitative estimate of drug-likeness (QED) is 0.228. The van der Waals surface area contributed by atoms with Crippen LogP contribution in [-0.4, -0.2) is 48.7 Å². The Morgan fingerprint density at radius 1 is 1.11 bits per heavy atom. The molecule has 0 aliphatic heterocycles. The average Bonchev–Trinajstić information content (AvgIpc) is 3.19. The second kappa shape index (κ2) is 10.5. The summed E-state index contributed by atoms with van der Waals surface area (Å²) in [6.07, 6.45) is 10.5. The van der Waals surface area contributed by atoms with Gasteiger partial charge in [-0.15, -0.1) is 0 Å². The van der Waals surface area contributed by atoms with Crippen molar-refractivity contribution >= 4 is 6.09 Å². The minimum Gasteiger partial charge on any atom is -0.448 e. The van der Waals surface area contributed by atoms with Crippen LogP contribution in [-0.2, 0) is 9.57 Å². The Morgan fingerprint density at radius 3 is 2.53 bits per heavy atom. The van der Waals surface area contributed by atoms with Gasteiger partial charge in [-0.25, -0.2) is 4.79 Å². The molecule has 1 amide bonds. The summed E-state index contributed by atoms with van der Waals surface area (Å²) in [6, 6.07) is 0. The van der Waals surface area contributed by atoms with Crippen LogP contribution in [0.2, 0.25) is 0 Å². The summed E-state index contributed by atoms with van der Waals surface area (Å²) < 4.78 is 5.32. The van der Waals surface area contributed by atoms with Gasteiger partial charge < -0.3 is 9.84 Å². The summed E-state index contributed by atoms with van der Waals surface area (Å²) in [4.78, 5) is 29.7. The van der Waals surface area contributed by atoms with Gasteiger partial charge in [0, 0.05) is 7.05 Å². The fraction of sp³-hybridized carbons (Fsp3) is 0.966. The van der Waals surface area contributed by atoms with Crippen molar-refractivity contribution < 1.29 is 19.5 Å². The molecule has 4 rings (SSSR count). The van der Waals surface area contributed by atoms with Crippen molar-refractivity contribution in [2.45, 2.75) is 110 Å². The Labute approximate surface area is 218 Å². The van der Waals surface area contributed by atoms with Gasteiger partial charge in [0.25, 0.3) is 0 Å². The molecule has 206 valence electrons. The Hall–Kier alpha value is -1.21. The minimum atomic E-state index is -0.472. The predicted octanol–water partition coefficient (Wildman–Crippen LogP) is 6.58. The van der Waals surface area contributed by atoms with E-state index in [0.29, 0.717) is 42.1 Å². The van der Waals surface area contributed by atoms with Crippen molar-refractivity contribution in [2.24, 2.45) is 51.5 Å². The van der Waals surface area contributed by atoms with Gasteiger partial charge in [-0.3, -0.25) is 4.84 Å². The molecule has 4 fully saturated rings. The van der Waals surface area contributed by atoms with Gasteiger partial charge in [0.1, 0.15) is 5.54 Å².